The lowest BCUT2D eigenvalue weighted by Crippen LogP contribution is -2.05. The van der Waals surface area contributed by atoms with E-state index in [0.29, 0.717) is 25.6 Å². The van der Waals surface area contributed by atoms with E-state index in [1.165, 1.54) is 12.1 Å². The lowest BCUT2D eigenvalue weighted by molar-refractivity contribution is -0.129. The molecule has 0 atom stereocenters. The minimum atomic E-state index is -0.633. The second kappa shape index (κ2) is 6.88. The third kappa shape index (κ3) is 3.52. The number of carbonyl (C=O) groups is 1. The first kappa shape index (κ1) is 17.5. The fourth-order valence-corrected chi connectivity index (χ4v) is 3.78. The number of benzene rings is 2. The predicted molar refractivity (Wildman–Crippen MR) is 101 cm³/mol. The van der Waals surface area contributed by atoms with Crippen molar-refractivity contribution < 1.29 is 14.6 Å². The van der Waals surface area contributed by atoms with Gasteiger partial charge in [0.15, 0.2) is 5.70 Å². The smallest absolute Gasteiger partial charge is 0.363 e. The van der Waals surface area contributed by atoms with Crippen molar-refractivity contribution in [2.45, 2.75) is 0 Å². The zero-order chi connectivity index (χ0) is 17.4. The van der Waals surface area contributed by atoms with Gasteiger partial charge in [-0.05, 0) is 52.3 Å². The Bertz CT molecular complexity index is 926. The van der Waals surface area contributed by atoms with E-state index in [9.17, 15) is 9.90 Å². The van der Waals surface area contributed by atoms with Gasteiger partial charge in [-0.1, -0.05) is 39.1 Å². The molecule has 0 fully saturated rings. The van der Waals surface area contributed by atoms with Gasteiger partial charge in [0.05, 0.1) is 15.1 Å². The zero-order valence-corrected chi connectivity index (χ0v) is 16.4. The molecule has 1 heterocycles. The summed E-state index contributed by atoms with van der Waals surface area (Å²) in [5.41, 5.74) is 0.921. The molecule has 2 aromatic carbocycles. The molecule has 1 aliphatic heterocycles. The summed E-state index contributed by atoms with van der Waals surface area (Å²) < 4.78 is 6.38. The van der Waals surface area contributed by atoms with Crippen molar-refractivity contribution in [3.8, 4) is 5.75 Å². The lowest BCUT2D eigenvalue weighted by atomic mass is 10.1. The fraction of sp³-hybridized carbons (Fsp3) is 0. The van der Waals surface area contributed by atoms with E-state index in [4.69, 9.17) is 27.9 Å². The Kier molecular flexibility index (Phi) is 5.01. The number of phenolic OH excluding ortho intramolecular Hbond substituents is 1. The SMILES string of the molecule is O=C1OC(c2ccc(Cl)cc2Cl)=N/C1=C/c1cc(Br)cc(Br)c1O. The summed E-state index contributed by atoms with van der Waals surface area (Å²) in [6.45, 7) is 0. The van der Waals surface area contributed by atoms with E-state index in [1.807, 2.05) is 0 Å². The number of esters is 1. The van der Waals surface area contributed by atoms with Gasteiger partial charge >= 0.3 is 5.97 Å². The molecule has 0 amide bonds. The number of nitrogens with zero attached hydrogens (tertiary/aromatic N) is 1. The molecule has 1 aliphatic rings. The van der Waals surface area contributed by atoms with Gasteiger partial charge in [-0.25, -0.2) is 9.79 Å². The van der Waals surface area contributed by atoms with Crippen molar-refractivity contribution in [3.63, 3.8) is 0 Å². The molecule has 0 spiro atoms. The maximum Gasteiger partial charge on any atom is 0.363 e. The second-order valence-corrected chi connectivity index (χ2v) is 7.40. The summed E-state index contributed by atoms with van der Waals surface area (Å²) in [7, 11) is 0. The van der Waals surface area contributed by atoms with E-state index >= 15 is 0 Å². The Morgan fingerprint density at radius 3 is 2.62 bits per heavy atom. The minimum absolute atomic E-state index is 0.00771. The molecule has 24 heavy (non-hydrogen) atoms. The molecule has 122 valence electrons. The monoisotopic (exact) mass is 489 g/mol. The Morgan fingerprint density at radius 2 is 1.92 bits per heavy atom. The normalized spacial score (nSPS) is 15.6. The van der Waals surface area contributed by atoms with Gasteiger partial charge in [0.1, 0.15) is 5.75 Å². The van der Waals surface area contributed by atoms with Crippen LogP contribution in [0.2, 0.25) is 10.0 Å². The third-order valence-corrected chi connectivity index (χ3v) is 4.74. The van der Waals surface area contributed by atoms with Crippen LogP contribution in [-0.2, 0) is 9.53 Å². The highest BCUT2D eigenvalue weighted by atomic mass is 79.9. The molecule has 0 aliphatic carbocycles. The van der Waals surface area contributed by atoms with Crippen LogP contribution in [0, 0.1) is 0 Å². The highest BCUT2D eigenvalue weighted by Gasteiger charge is 2.26. The van der Waals surface area contributed by atoms with E-state index in [-0.39, 0.29) is 17.3 Å². The number of carbonyl (C=O) groups excluding carboxylic acids is 1. The maximum absolute atomic E-state index is 12.0. The van der Waals surface area contributed by atoms with E-state index in [1.54, 1.807) is 24.3 Å². The highest BCUT2D eigenvalue weighted by Crippen LogP contribution is 2.34. The fourth-order valence-electron chi connectivity index (χ4n) is 2.03. The summed E-state index contributed by atoms with van der Waals surface area (Å²) in [6.07, 6.45) is 1.43. The Balaban J connectivity index is 2.03. The molecule has 0 unspecified atom stereocenters. The first-order chi connectivity index (χ1) is 11.3. The van der Waals surface area contributed by atoms with E-state index < -0.39 is 5.97 Å². The first-order valence-corrected chi connectivity index (χ1v) is 8.85. The summed E-state index contributed by atoms with van der Waals surface area (Å²) in [5, 5.41) is 10.9. The number of aromatic hydroxyl groups is 1. The molecule has 0 bridgehead atoms. The molecule has 4 nitrogen and oxygen atoms in total. The van der Waals surface area contributed by atoms with Crippen molar-refractivity contribution in [1.29, 1.82) is 0 Å². The summed E-state index contributed by atoms with van der Waals surface area (Å²) in [4.78, 5) is 16.2. The van der Waals surface area contributed by atoms with E-state index in [2.05, 4.69) is 36.9 Å². The molecule has 0 aromatic heterocycles. The van der Waals surface area contributed by atoms with Crippen molar-refractivity contribution in [2.75, 3.05) is 0 Å². The maximum atomic E-state index is 12.0. The summed E-state index contributed by atoms with van der Waals surface area (Å²) in [6, 6.07) is 8.12. The van der Waals surface area contributed by atoms with Crippen molar-refractivity contribution >= 4 is 73.0 Å². The van der Waals surface area contributed by atoms with Crippen LogP contribution in [0.5, 0.6) is 5.75 Å². The van der Waals surface area contributed by atoms with Gasteiger partial charge < -0.3 is 9.84 Å². The molecule has 3 rings (SSSR count). The van der Waals surface area contributed by atoms with Gasteiger partial charge in [-0.3, -0.25) is 0 Å². The van der Waals surface area contributed by atoms with Gasteiger partial charge in [0, 0.05) is 15.1 Å². The van der Waals surface area contributed by atoms with Crippen LogP contribution in [0.15, 0.2) is 50.0 Å². The van der Waals surface area contributed by atoms with Crippen molar-refractivity contribution in [2.24, 2.45) is 4.99 Å². The lowest BCUT2D eigenvalue weighted by Gasteiger charge is -2.03. The van der Waals surface area contributed by atoms with Gasteiger partial charge in [-0.15, -0.1) is 0 Å². The number of aliphatic imine (C=N–C) groups is 1. The molecule has 0 saturated heterocycles. The number of ether oxygens (including phenoxy) is 1. The highest BCUT2D eigenvalue weighted by molar-refractivity contribution is 9.11. The van der Waals surface area contributed by atoms with Crippen LogP contribution in [0.1, 0.15) is 11.1 Å². The van der Waals surface area contributed by atoms with Crippen LogP contribution in [0.4, 0.5) is 0 Å². The van der Waals surface area contributed by atoms with Crippen LogP contribution >= 0.6 is 55.1 Å². The van der Waals surface area contributed by atoms with Gasteiger partial charge in [0.2, 0.25) is 5.90 Å². The average Bonchev–Trinajstić information content (AvgIpc) is 2.85. The average molecular weight is 492 g/mol. The number of hydrogen-bond acceptors (Lipinski definition) is 4. The van der Waals surface area contributed by atoms with Crippen molar-refractivity contribution in [1.82, 2.24) is 0 Å². The summed E-state index contributed by atoms with van der Waals surface area (Å²) >= 11 is 18.5. The third-order valence-electron chi connectivity index (χ3n) is 3.13. The Hall–Kier alpha value is -1.34. The quantitative estimate of drug-likeness (QED) is 0.441. The van der Waals surface area contributed by atoms with Crippen LogP contribution in [-0.4, -0.2) is 17.0 Å². The summed E-state index contributed by atoms with van der Waals surface area (Å²) in [5.74, 6) is -0.556. The molecule has 2 aromatic rings. The molecular weight excluding hydrogens is 485 g/mol. The number of phenols is 1. The topological polar surface area (TPSA) is 58.9 Å². The Labute approximate surface area is 164 Å². The van der Waals surface area contributed by atoms with Crippen LogP contribution in [0.25, 0.3) is 6.08 Å². The number of rotatable bonds is 2. The largest absolute Gasteiger partial charge is 0.506 e. The molecular formula is C16H7Br2Cl2NO3. The first-order valence-electron chi connectivity index (χ1n) is 6.51. The van der Waals surface area contributed by atoms with E-state index in [0.717, 1.165) is 4.47 Å². The molecule has 0 radical (unpaired) electrons. The number of cyclic esters (lactones) is 1. The number of hydrogen-bond donors (Lipinski definition) is 1. The van der Waals surface area contributed by atoms with Crippen LogP contribution < -0.4 is 0 Å². The molecule has 1 N–H and O–H groups in total. The minimum Gasteiger partial charge on any atom is -0.506 e. The zero-order valence-electron chi connectivity index (χ0n) is 11.7. The Morgan fingerprint density at radius 1 is 1.17 bits per heavy atom. The van der Waals surface area contributed by atoms with Crippen molar-refractivity contribution in [3.05, 3.63) is 66.1 Å². The molecule has 0 saturated carbocycles. The predicted octanol–water partition coefficient (Wildman–Crippen LogP) is 5.57. The second-order valence-electron chi connectivity index (χ2n) is 4.79. The number of halogens is 4. The standard InChI is InChI=1S/C16H7Br2Cl2NO3/c17-8-3-7(14(22)11(18)5-8)4-13-16(23)24-15(21-13)10-2-1-9(19)6-12(10)20/h1-6,22H/b13-4+. The van der Waals surface area contributed by atoms with Gasteiger partial charge in [-0.2, -0.15) is 0 Å². The van der Waals surface area contributed by atoms with Gasteiger partial charge in [0.25, 0.3) is 0 Å². The molecule has 8 heteroatoms. The van der Waals surface area contributed by atoms with Crippen LogP contribution in [0.3, 0.4) is 0 Å².